The van der Waals surface area contributed by atoms with Crippen molar-refractivity contribution in [2.45, 2.75) is 39.5 Å². The van der Waals surface area contributed by atoms with Crippen LogP contribution in [0.15, 0.2) is 18.7 Å². The molecule has 0 aromatic heterocycles. The van der Waals surface area contributed by atoms with Crippen LogP contribution in [0.3, 0.4) is 0 Å². The van der Waals surface area contributed by atoms with Crippen molar-refractivity contribution in [1.29, 1.82) is 0 Å². The zero-order valence-corrected chi connectivity index (χ0v) is 11.1. The zero-order chi connectivity index (χ0) is 12.3. The van der Waals surface area contributed by atoms with E-state index < -0.39 is 0 Å². The molecule has 0 atom stereocenters. The molecule has 0 radical (unpaired) electrons. The zero-order valence-electron chi connectivity index (χ0n) is 11.1. The number of nitrogens with one attached hydrogen (secondary N) is 1. The second kappa shape index (κ2) is 4.73. The Hall–Kier alpha value is -1.24. The topological polar surface area (TPSA) is 12.0 Å². The van der Waals surface area contributed by atoms with E-state index in [2.05, 4.69) is 51.7 Å². The van der Waals surface area contributed by atoms with Gasteiger partial charge in [-0.25, -0.2) is 0 Å². The molecular formula is C15H23N. The quantitative estimate of drug-likeness (QED) is 0.799. The fraction of sp³-hybridized carbons (Fsp3) is 0.467. The van der Waals surface area contributed by atoms with Gasteiger partial charge in [0.05, 0.1) is 0 Å². The predicted octanol–water partition coefficient (Wildman–Crippen LogP) is 4.23. The first kappa shape index (κ1) is 12.8. The number of anilines is 1. The van der Waals surface area contributed by atoms with Crippen LogP contribution >= 0.6 is 0 Å². The summed E-state index contributed by atoms with van der Waals surface area (Å²) in [6, 6.07) is 4.54. The average molecular weight is 217 g/mol. The van der Waals surface area contributed by atoms with E-state index in [4.69, 9.17) is 0 Å². The number of benzene rings is 1. The van der Waals surface area contributed by atoms with Crippen molar-refractivity contribution in [1.82, 2.24) is 0 Å². The lowest BCUT2D eigenvalue weighted by Gasteiger charge is -2.23. The predicted molar refractivity (Wildman–Crippen MR) is 74.2 cm³/mol. The summed E-state index contributed by atoms with van der Waals surface area (Å²) in [5.41, 5.74) is 5.34. The summed E-state index contributed by atoms with van der Waals surface area (Å²) in [5, 5.41) is 3.27. The van der Waals surface area contributed by atoms with Gasteiger partial charge in [0.1, 0.15) is 0 Å². The molecule has 1 rings (SSSR count). The molecule has 0 aliphatic heterocycles. The highest BCUT2D eigenvalue weighted by Crippen LogP contribution is 2.31. The Labute approximate surface area is 99.6 Å². The highest BCUT2D eigenvalue weighted by Gasteiger charge is 2.16. The minimum absolute atomic E-state index is 0.188. The second-order valence-electron chi connectivity index (χ2n) is 5.16. The van der Waals surface area contributed by atoms with Crippen LogP contribution in [0.25, 0.3) is 6.08 Å². The van der Waals surface area contributed by atoms with Gasteiger partial charge < -0.3 is 5.32 Å². The Balaban J connectivity index is 3.43. The van der Waals surface area contributed by atoms with Gasteiger partial charge in [-0.2, -0.15) is 0 Å². The lowest BCUT2D eigenvalue weighted by molar-refractivity contribution is 0.589. The Bertz CT molecular complexity index is 383. The van der Waals surface area contributed by atoms with Crippen molar-refractivity contribution in [2.24, 2.45) is 0 Å². The monoisotopic (exact) mass is 217 g/mol. The third-order valence-corrected chi connectivity index (χ3v) is 2.97. The Morgan fingerprint density at radius 1 is 1.31 bits per heavy atom. The second-order valence-corrected chi connectivity index (χ2v) is 5.16. The van der Waals surface area contributed by atoms with Crippen molar-refractivity contribution in [3.8, 4) is 0 Å². The molecule has 0 spiro atoms. The fourth-order valence-corrected chi connectivity index (χ4v) is 1.90. The normalized spacial score (nSPS) is 11.3. The highest BCUT2D eigenvalue weighted by atomic mass is 14.8. The van der Waals surface area contributed by atoms with Gasteiger partial charge in [-0.1, -0.05) is 46.4 Å². The molecule has 1 nitrogen and oxygen atoms in total. The van der Waals surface area contributed by atoms with Gasteiger partial charge in [0.25, 0.3) is 0 Å². The third-order valence-electron chi connectivity index (χ3n) is 2.97. The molecule has 0 unspecified atom stereocenters. The molecule has 0 aliphatic rings. The van der Waals surface area contributed by atoms with Crippen LogP contribution in [-0.2, 0) is 11.8 Å². The van der Waals surface area contributed by atoms with Gasteiger partial charge in [0, 0.05) is 12.7 Å². The summed E-state index contributed by atoms with van der Waals surface area (Å²) in [5.74, 6) is 0. The number of rotatable bonds is 3. The van der Waals surface area contributed by atoms with Crippen LogP contribution in [0.2, 0.25) is 0 Å². The standard InChI is InChI=1S/C15H23N/c1-7-11-9-13(15(3,4)5)10-12(8-2)14(11)16-6/h7,9-10,16H,1,8H2,2-6H3. The highest BCUT2D eigenvalue weighted by molar-refractivity contribution is 5.70. The van der Waals surface area contributed by atoms with Crippen molar-refractivity contribution in [3.63, 3.8) is 0 Å². The minimum Gasteiger partial charge on any atom is -0.387 e. The van der Waals surface area contributed by atoms with Gasteiger partial charge in [-0.15, -0.1) is 0 Å². The maximum atomic E-state index is 3.90. The molecule has 1 aromatic rings. The molecule has 1 N–H and O–H groups in total. The van der Waals surface area contributed by atoms with E-state index in [1.807, 2.05) is 13.1 Å². The maximum Gasteiger partial charge on any atom is 0.0443 e. The average Bonchev–Trinajstić information content (AvgIpc) is 2.25. The lowest BCUT2D eigenvalue weighted by atomic mass is 9.84. The molecule has 1 aromatic carbocycles. The van der Waals surface area contributed by atoms with Crippen LogP contribution in [0.4, 0.5) is 5.69 Å². The van der Waals surface area contributed by atoms with Gasteiger partial charge in [-0.05, 0) is 34.6 Å². The van der Waals surface area contributed by atoms with Gasteiger partial charge >= 0.3 is 0 Å². The van der Waals surface area contributed by atoms with Crippen molar-refractivity contribution >= 4 is 11.8 Å². The maximum absolute atomic E-state index is 3.90. The smallest absolute Gasteiger partial charge is 0.0443 e. The van der Waals surface area contributed by atoms with Crippen LogP contribution in [0, 0.1) is 0 Å². The van der Waals surface area contributed by atoms with E-state index in [9.17, 15) is 0 Å². The summed E-state index contributed by atoms with van der Waals surface area (Å²) >= 11 is 0. The lowest BCUT2D eigenvalue weighted by Crippen LogP contribution is -2.13. The summed E-state index contributed by atoms with van der Waals surface area (Å²) in [4.78, 5) is 0. The molecule has 1 heteroatoms. The van der Waals surface area contributed by atoms with E-state index in [0.717, 1.165) is 6.42 Å². The molecule has 88 valence electrons. The van der Waals surface area contributed by atoms with Gasteiger partial charge in [-0.3, -0.25) is 0 Å². The van der Waals surface area contributed by atoms with Crippen LogP contribution in [-0.4, -0.2) is 7.05 Å². The SMILES string of the molecule is C=Cc1cc(C(C)(C)C)cc(CC)c1NC. The van der Waals surface area contributed by atoms with E-state index in [0.29, 0.717) is 0 Å². The Kier molecular flexibility index (Phi) is 3.79. The first-order valence-corrected chi connectivity index (χ1v) is 5.91. The summed E-state index contributed by atoms with van der Waals surface area (Å²) in [6.45, 7) is 12.8. The Morgan fingerprint density at radius 3 is 2.31 bits per heavy atom. The van der Waals surface area contributed by atoms with E-state index in [1.165, 1.54) is 22.4 Å². The molecule has 0 heterocycles. The molecule has 16 heavy (non-hydrogen) atoms. The van der Waals surface area contributed by atoms with Crippen LogP contribution in [0.5, 0.6) is 0 Å². The van der Waals surface area contributed by atoms with E-state index in [1.54, 1.807) is 0 Å². The first-order chi connectivity index (χ1) is 7.43. The van der Waals surface area contributed by atoms with Crippen molar-refractivity contribution < 1.29 is 0 Å². The first-order valence-electron chi connectivity index (χ1n) is 5.91. The molecule has 0 saturated carbocycles. The Morgan fingerprint density at radius 2 is 1.94 bits per heavy atom. The summed E-state index contributed by atoms with van der Waals surface area (Å²) < 4.78 is 0. The summed E-state index contributed by atoms with van der Waals surface area (Å²) in [7, 11) is 1.97. The van der Waals surface area contributed by atoms with Crippen molar-refractivity contribution in [3.05, 3.63) is 35.4 Å². The van der Waals surface area contributed by atoms with E-state index >= 15 is 0 Å². The number of hydrogen-bond acceptors (Lipinski definition) is 1. The molecule has 0 saturated heterocycles. The summed E-state index contributed by atoms with van der Waals surface area (Å²) in [6.07, 6.45) is 2.97. The van der Waals surface area contributed by atoms with Gasteiger partial charge in [0.2, 0.25) is 0 Å². The third kappa shape index (κ3) is 2.46. The van der Waals surface area contributed by atoms with Crippen molar-refractivity contribution in [2.75, 3.05) is 12.4 Å². The van der Waals surface area contributed by atoms with E-state index in [-0.39, 0.29) is 5.41 Å². The molecule has 0 fully saturated rings. The minimum atomic E-state index is 0.188. The number of hydrogen-bond donors (Lipinski definition) is 1. The molecular weight excluding hydrogens is 194 g/mol. The largest absolute Gasteiger partial charge is 0.387 e. The van der Waals surface area contributed by atoms with Gasteiger partial charge in [0.15, 0.2) is 0 Å². The molecule has 0 amide bonds. The van der Waals surface area contributed by atoms with Crippen LogP contribution in [0.1, 0.15) is 44.4 Å². The number of aryl methyl sites for hydroxylation is 1. The molecule has 0 bridgehead atoms. The fourth-order valence-electron chi connectivity index (χ4n) is 1.90. The van der Waals surface area contributed by atoms with Crippen LogP contribution < -0.4 is 5.32 Å². The molecule has 0 aliphatic carbocycles.